The van der Waals surface area contributed by atoms with Crippen LogP contribution in [-0.4, -0.2) is 39.3 Å². The molecule has 7 heteroatoms. The highest BCUT2D eigenvalue weighted by molar-refractivity contribution is 6.31. The predicted octanol–water partition coefficient (Wildman–Crippen LogP) is 3.42. The molecule has 0 unspecified atom stereocenters. The van der Waals surface area contributed by atoms with Gasteiger partial charge in [0.1, 0.15) is 5.82 Å². The number of amides is 1. The van der Waals surface area contributed by atoms with E-state index in [1.807, 2.05) is 0 Å². The van der Waals surface area contributed by atoms with E-state index in [1.54, 1.807) is 29.2 Å². The van der Waals surface area contributed by atoms with Crippen molar-refractivity contribution in [3.8, 4) is 0 Å². The van der Waals surface area contributed by atoms with Gasteiger partial charge in [-0.15, -0.1) is 0 Å². The van der Waals surface area contributed by atoms with Crippen LogP contribution in [-0.2, 0) is 19.6 Å². The third kappa shape index (κ3) is 4.89. The van der Waals surface area contributed by atoms with Gasteiger partial charge in [0.2, 0.25) is 0 Å². The van der Waals surface area contributed by atoms with Gasteiger partial charge in [0, 0.05) is 37.2 Å². The zero-order chi connectivity index (χ0) is 19.8. The summed E-state index contributed by atoms with van der Waals surface area (Å²) in [5, 5.41) is 17.4. The number of aliphatic hydroxyl groups excluding tert-OH is 2. The minimum Gasteiger partial charge on any atom is -0.400 e. The first kappa shape index (κ1) is 21.4. The maximum Gasteiger partial charge on any atom is 0.259 e. The summed E-state index contributed by atoms with van der Waals surface area (Å²) in [6.07, 6.45) is 4.91. The number of halogens is 1. The molecule has 6 nitrogen and oxygen atoms in total. The topological polar surface area (TPSA) is 78.6 Å². The SMILES string of the molecule is CCCCN(C(=O)c1cccc(Cl)c1)c1nc2n(c1CO)CCCC2.CO. The van der Waals surface area contributed by atoms with Crippen molar-refractivity contribution in [3.05, 3.63) is 46.4 Å². The van der Waals surface area contributed by atoms with E-state index >= 15 is 0 Å². The normalized spacial score (nSPS) is 12.8. The Balaban J connectivity index is 0.00000126. The van der Waals surface area contributed by atoms with Gasteiger partial charge in [0.05, 0.1) is 12.3 Å². The lowest BCUT2D eigenvalue weighted by Crippen LogP contribution is -2.33. The van der Waals surface area contributed by atoms with E-state index in [9.17, 15) is 9.90 Å². The molecule has 2 heterocycles. The molecule has 3 rings (SSSR count). The molecule has 0 atom stereocenters. The molecular weight excluding hydrogens is 366 g/mol. The minimum absolute atomic E-state index is 0.117. The Labute approximate surface area is 165 Å². The molecule has 2 N–H and O–H groups in total. The zero-order valence-corrected chi connectivity index (χ0v) is 16.7. The molecule has 1 aromatic heterocycles. The predicted molar refractivity (Wildman–Crippen MR) is 107 cm³/mol. The highest BCUT2D eigenvalue weighted by atomic mass is 35.5. The van der Waals surface area contributed by atoms with Gasteiger partial charge in [-0.25, -0.2) is 4.98 Å². The van der Waals surface area contributed by atoms with Crippen LogP contribution < -0.4 is 4.90 Å². The summed E-state index contributed by atoms with van der Waals surface area (Å²) >= 11 is 6.05. The number of rotatable bonds is 6. The van der Waals surface area contributed by atoms with Gasteiger partial charge in [-0.05, 0) is 37.5 Å². The second-order valence-electron chi connectivity index (χ2n) is 6.39. The smallest absolute Gasteiger partial charge is 0.259 e. The average molecular weight is 394 g/mol. The Hall–Kier alpha value is -1.89. The summed E-state index contributed by atoms with van der Waals surface area (Å²) in [6.45, 7) is 3.40. The lowest BCUT2D eigenvalue weighted by molar-refractivity contribution is 0.0985. The van der Waals surface area contributed by atoms with Gasteiger partial charge in [-0.3, -0.25) is 9.69 Å². The summed E-state index contributed by atoms with van der Waals surface area (Å²) in [5.41, 5.74) is 1.28. The fraction of sp³-hybridized carbons (Fsp3) is 0.500. The lowest BCUT2D eigenvalue weighted by atomic mass is 10.1. The number of aryl methyl sites for hydroxylation is 1. The van der Waals surface area contributed by atoms with E-state index in [1.165, 1.54) is 0 Å². The van der Waals surface area contributed by atoms with E-state index in [0.717, 1.165) is 57.3 Å². The Morgan fingerprint density at radius 1 is 1.33 bits per heavy atom. The summed E-state index contributed by atoms with van der Waals surface area (Å²) in [5.74, 6) is 1.43. The number of anilines is 1. The molecule has 27 heavy (non-hydrogen) atoms. The van der Waals surface area contributed by atoms with Gasteiger partial charge >= 0.3 is 0 Å². The molecule has 0 spiro atoms. The van der Waals surface area contributed by atoms with Crippen LogP contribution >= 0.6 is 11.6 Å². The zero-order valence-electron chi connectivity index (χ0n) is 16.0. The molecule has 0 saturated carbocycles. The second kappa shape index (κ2) is 10.4. The van der Waals surface area contributed by atoms with Crippen LogP contribution in [0.25, 0.3) is 0 Å². The van der Waals surface area contributed by atoms with Crippen molar-refractivity contribution in [2.24, 2.45) is 0 Å². The molecule has 0 radical (unpaired) electrons. The molecule has 0 fully saturated rings. The van der Waals surface area contributed by atoms with Crippen LogP contribution in [0, 0.1) is 0 Å². The number of hydrogen-bond donors (Lipinski definition) is 2. The van der Waals surface area contributed by atoms with Crippen molar-refractivity contribution >= 4 is 23.3 Å². The number of fused-ring (bicyclic) bond motifs is 1. The Morgan fingerprint density at radius 2 is 2.11 bits per heavy atom. The van der Waals surface area contributed by atoms with Crippen molar-refractivity contribution in [1.82, 2.24) is 9.55 Å². The number of nitrogens with zero attached hydrogens (tertiary/aromatic N) is 3. The number of carbonyl (C=O) groups excluding carboxylic acids is 1. The fourth-order valence-corrected chi connectivity index (χ4v) is 3.49. The first-order valence-electron chi connectivity index (χ1n) is 9.37. The molecule has 1 aromatic carbocycles. The molecule has 148 valence electrons. The fourth-order valence-electron chi connectivity index (χ4n) is 3.30. The van der Waals surface area contributed by atoms with Crippen LogP contribution in [0.4, 0.5) is 5.82 Å². The lowest BCUT2D eigenvalue weighted by Gasteiger charge is -2.22. The third-order valence-electron chi connectivity index (χ3n) is 4.62. The van der Waals surface area contributed by atoms with Crippen molar-refractivity contribution in [2.45, 2.75) is 52.2 Å². The quantitative estimate of drug-likeness (QED) is 0.788. The second-order valence-corrected chi connectivity index (χ2v) is 6.82. The summed E-state index contributed by atoms with van der Waals surface area (Å²) in [4.78, 5) is 19.5. The van der Waals surface area contributed by atoms with Crippen LogP contribution in [0.15, 0.2) is 24.3 Å². The monoisotopic (exact) mass is 393 g/mol. The average Bonchev–Trinajstić information content (AvgIpc) is 3.08. The Kier molecular flexibility index (Phi) is 8.28. The third-order valence-corrected chi connectivity index (χ3v) is 4.86. The van der Waals surface area contributed by atoms with Crippen molar-refractivity contribution in [1.29, 1.82) is 0 Å². The molecule has 1 amide bonds. The van der Waals surface area contributed by atoms with Crippen LogP contribution in [0.5, 0.6) is 0 Å². The van der Waals surface area contributed by atoms with Crippen LogP contribution in [0.3, 0.4) is 0 Å². The highest BCUT2D eigenvalue weighted by Gasteiger charge is 2.27. The molecular formula is C20H28ClN3O3. The van der Waals surface area contributed by atoms with Crippen LogP contribution in [0.2, 0.25) is 5.02 Å². The number of aromatic nitrogens is 2. The minimum atomic E-state index is -0.124. The van der Waals surface area contributed by atoms with E-state index in [4.69, 9.17) is 21.7 Å². The number of unbranched alkanes of at least 4 members (excludes halogenated alkanes) is 1. The number of aliphatic hydroxyl groups is 2. The summed E-state index contributed by atoms with van der Waals surface area (Å²) in [6, 6.07) is 6.97. The largest absolute Gasteiger partial charge is 0.400 e. The van der Waals surface area contributed by atoms with Crippen LogP contribution in [0.1, 0.15) is 54.5 Å². The highest BCUT2D eigenvalue weighted by Crippen LogP contribution is 2.28. The summed E-state index contributed by atoms with van der Waals surface area (Å²) < 4.78 is 2.07. The number of benzene rings is 1. The standard InChI is InChI=1S/C19H24ClN3O2.CH4O/c1-2-3-10-23(19(25)14-7-6-8-15(20)12-14)18-16(13-24)22-11-5-4-9-17(22)21-18;1-2/h6-8,12,24H,2-5,9-11,13H2,1H3;2H,1H3. The molecule has 0 saturated heterocycles. The van der Waals surface area contributed by atoms with Gasteiger partial charge in [0.15, 0.2) is 5.82 Å². The van der Waals surface area contributed by atoms with E-state index in [2.05, 4.69) is 11.5 Å². The maximum absolute atomic E-state index is 13.1. The molecule has 0 bridgehead atoms. The van der Waals surface area contributed by atoms with Gasteiger partial charge < -0.3 is 14.8 Å². The Bertz CT molecular complexity index is 761. The van der Waals surface area contributed by atoms with E-state index < -0.39 is 0 Å². The number of hydrogen-bond acceptors (Lipinski definition) is 4. The van der Waals surface area contributed by atoms with Gasteiger partial charge in [0.25, 0.3) is 5.91 Å². The summed E-state index contributed by atoms with van der Waals surface area (Å²) in [7, 11) is 1.00. The molecule has 2 aromatic rings. The van der Waals surface area contributed by atoms with E-state index in [-0.39, 0.29) is 12.5 Å². The van der Waals surface area contributed by atoms with Crippen molar-refractivity contribution in [3.63, 3.8) is 0 Å². The molecule has 1 aliphatic rings. The van der Waals surface area contributed by atoms with Crippen molar-refractivity contribution < 1.29 is 15.0 Å². The number of imidazole rings is 1. The Morgan fingerprint density at radius 3 is 2.78 bits per heavy atom. The van der Waals surface area contributed by atoms with Crippen molar-refractivity contribution in [2.75, 3.05) is 18.6 Å². The van der Waals surface area contributed by atoms with E-state index in [0.29, 0.717) is 22.9 Å². The van der Waals surface area contributed by atoms with Gasteiger partial charge in [-0.2, -0.15) is 0 Å². The molecule has 1 aliphatic heterocycles. The first-order chi connectivity index (χ1) is 13.2. The maximum atomic E-state index is 13.1. The molecule has 0 aliphatic carbocycles. The van der Waals surface area contributed by atoms with Gasteiger partial charge in [-0.1, -0.05) is 31.0 Å². The number of carbonyl (C=O) groups is 1. The first-order valence-corrected chi connectivity index (χ1v) is 9.74.